The largest absolute Gasteiger partial charge is 0.455 e. The number of aromatic nitrogens is 1. The number of carbonyl (C=O) groups excluding carboxylic acids is 1. The van der Waals surface area contributed by atoms with E-state index < -0.39 is 12.3 Å². The van der Waals surface area contributed by atoms with Crippen LogP contribution in [0.4, 0.5) is 10.5 Å². The lowest BCUT2D eigenvalue weighted by atomic mass is 10.2. The van der Waals surface area contributed by atoms with Crippen LogP contribution >= 0.6 is 12.8 Å². The first-order valence-electron chi connectivity index (χ1n) is 9.14. The summed E-state index contributed by atoms with van der Waals surface area (Å²) in [4.78, 5) is 15.7. The number of hydrogen-bond donors (Lipinski definition) is 2. The van der Waals surface area contributed by atoms with Crippen molar-refractivity contribution in [2.75, 3.05) is 4.31 Å². The second-order valence-corrected chi connectivity index (χ2v) is 6.68. The van der Waals surface area contributed by atoms with Gasteiger partial charge in [-0.1, -0.05) is 38.3 Å². The van der Waals surface area contributed by atoms with Crippen LogP contribution in [0.15, 0.2) is 60.8 Å². The lowest BCUT2D eigenvalue weighted by molar-refractivity contribution is -0.000933. The number of carbonyl (C=O) groups is 1. The number of thiol groups is 1. The number of unbranched alkanes of at least 4 members (excludes halogenated alkanes) is 1. The fourth-order valence-electron chi connectivity index (χ4n) is 2.80. The smallest absolute Gasteiger partial charge is 0.329 e. The molecule has 6 nitrogen and oxygen atoms in total. The van der Waals surface area contributed by atoms with Crippen molar-refractivity contribution in [1.82, 2.24) is 4.98 Å². The molecule has 28 heavy (non-hydrogen) atoms. The number of rotatable bonds is 8. The molecular formula is C21H23N3O3S. The van der Waals surface area contributed by atoms with Crippen LogP contribution in [-0.4, -0.2) is 17.3 Å². The average molecular weight is 398 g/mol. The minimum Gasteiger partial charge on any atom is -0.455 e. The van der Waals surface area contributed by atoms with Crippen LogP contribution in [0, 0.1) is 0 Å². The van der Waals surface area contributed by atoms with Gasteiger partial charge in [-0.15, -0.1) is 0 Å². The van der Waals surface area contributed by atoms with Crippen LogP contribution in [0.25, 0.3) is 10.9 Å². The molecule has 1 heterocycles. The van der Waals surface area contributed by atoms with E-state index in [0.29, 0.717) is 11.4 Å². The van der Waals surface area contributed by atoms with Crippen molar-refractivity contribution >= 4 is 35.4 Å². The summed E-state index contributed by atoms with van der Waals surface area (Å²) < 4.78 is 13.3. The number of fused-ring (bicyclic) bond motifs is 1. The third-order valence-electron chi connectivity index (χ3n) is 4.20. The van der Waals surface area contributed by atoms with E-state index in [1.165, 1.54) is 0 Å². The highest BCUT2D eigenvalue weighted by Crippen LogP contribution is 2.28. The second kappa shape index (κ2) is 9.32. The molecule has 0 saturated carbocycles. The van der Waals surface area contributed by atoms with Crippen molar-refractivity contribution in [3.05, 3.63) is 60.8 Å². The minimum absolute atomic E-state index is 0.483. The Hall–Kier alpha value is -2.93. The minimum atomic E-state index is -0.664. The molecule has 1 unspecified atom stereocenters. The Morgan fingerprint density at radius 2 is 2.00 bits per heavy atom. The molecule has 0 saturated heterocycles. The van der Waals surface area contributed by atoms with Gasteiger partial charge in [-0.05, 0) is 42.8 Å². The van der Waals surface area contributed by atoms with Gasteiger partial charge in [0.05, 0.1) is 11.2 Å². The van der Waals surface area contributed by atoms with Crippen LogP contribution < -0.4 is 19.5 Å². The topological polar surface area (TPSA) is 77.7 Å². The number of anilines is 1. The van der Waals surface area contributed by atoms with E-state index in [4.69, 9.17) is 15.2 Å². The van der Waals surface area contributed by atoms with Gasteiger partial charge in [0.25, 0.3) is 0 Å². The van der Waals surface area contributed by atoms with Gasteiger partial charge in [0, 0.05) is 24.1 Å². The predicted molar refractivity (Wildman–Crippen MR) is 114 cm³/mol. The van der Waals surface area contributed by atoms with Gasteiger partial charge >= 0.3 is 6.03 Å². The Morgan fingerprint density at radius 1 is 1.18 bits per heavy atom. The number of nitrogens with two attached hydrogens (primary N) is 1. The number of ether oxygens (including phenoxy) is 2. The van der Waals surface area contributed by atoms with Gasteiger partial charge < -0.3 is 15.2 Å². The van der Waals surface area contributed by atoms with Gasteiger partial charge in [-0.25, -0.2) is 9.10 Å². The van der Waals surface area contributed by atoms with E-state index in [-0.39, 0.29) is 0 Å². The van der Waals surface area contributed by atoms with Crippen LogP contribution in [0.2, 0.25) is 0 Å². The van der Waals surface area contributed by atoms with Crippen LogP contribution in [0.5, 0.6) is 11.5 Å². The molecule has 1 atom stereocenters. The number of amides is 2. The molecule has 0 spiro atoms. The molecule has 3 aromatic rings. The van der Waals surface area contributed by atoms with E-state index >= 15 is 0 Å². The SMILES string of the molecule is CCCCC(Oc1cccc(N(S)C(N)=O)c1)Oc1cccc2ncccc12. The standard InChI is InChI=1S/C21H23N3O3S/c1-2-3-12-20(26-16-8-4-7-15(14-16)24(28)21(22)25)27-19-11-5-10-18-17(19)9-6-13-23-18/h4-11,13-14,20,28H,2-3,12H2,1H3,(H2,22,25). The summed E-state index contributed by atoms with van der Waals surface area (Å²) in [5.41, 5.74) is 6.67. The van der Waals surface area contributed by atoms with Gasteiger partial charge in [0.15, 0.2) is 0 Å². The highest BCUT2D eigenvalue weighted by molar-refractivity contribution is 7.82. The number of nitrogens with zero attached hydrogens (tertiary/aromatic N) is 2. The molecule has 146 valence electrons. The van der Waals surface area contributed by atoms with E-state index in [1.54, 1.807) is 30.5 Å². The van der Waals surface area contributed by atoms with Crippen molar-refractivity contribution in [2.45, 2.75) is 32.5 Å². The van der Waals surface area contributed by atoms with Crippen molar-refractivity contribution in [2.24, 2.45) is 5.73 Å². The van der Waals surface area contributed by atoms with Crippen molar-refractivity contribution < 1.29 is 14.3 Å². The summed E-state index contributed by atoms with van der Waals surface area (Å²) in [6.45, 7) is 2.12. The fraction of sp³-hybridized carbons (Fsp3) is 0.238. The first-order valence-corrected chi connectivity index (χ1v) is 9.54. The molecule has 0 aliphatic rings. The zero-order valence-corrected chi connectivity index (χ0v) is 16.5. The lowest BCUT2D eigenvalue weighted by Gasteiger charge is -2.22. The van der Waals surface area contributed by atoms with Gasteiger partial charge in [0.1, 0.15) is 11.5 Å². The average Bonchev–Trinajstić information content (AvgIpc) is 2.72. The van der Waals surface area contributed by atoms with E-state index in [1.807, 2.05) is 30.3 Å². The highest BCUT2D eigenvalue weighted by Gasteiger charge is 2.16. The maximum atomic E-state index is 11.3. The first kappa shape index (κ1) is 19.8. The Kier molecular flexibility index (Phi) is 6.60. The van der Waals surface area contributed by atoms with Gasteiger partial charge in [0.2, 0.25) is 6.29 Å². The molecule has 3 rings (SSSR count). The molecule has 7 heteroatoms. The van der Waals surface area contributed by atoms with E-state index in [9.17, 15) is 4.79 Å². The summed E-state index contributed by atoms with van der Waals surface area (Å²) in [6.07, 6.45) is 3.96. The molecule has 0 bridgehead atoms. The summed E-state index contributed by atoms with van der Waals surface area (Å²) in [6, 6.07) is 16.0. The zero-order chi connectivity index (χ0) is 19.9. The molecule has 0 radical (unpaired) electrons. The van der Waals surface area contributed by atoms with E-state index in [0.717, 1.165) is 40.2 Å². The fourth-order valence-corrected chi connectivity index (χ4v) is 2.92. The molecule has 2 aromatic carbocycles. The summed E-state index contributed by atoms with van der Waals surface area (Å²) >= 11 is 4.09. The third-order valence-corrected chi connectivity index (χ3v) is 4.62. The third kappa shape index (κ3) is 4.86. The normalized spacial score (nSPS) is 11.8. The maximum Gasteiger partial charge on any atom is 0.329 e. The van der Waals surface area contributed by atoms with Crippen LogP contribution in [0.1, 0.15) is 26.2 Å². The molecule has 2 amide bonds. The summed E-state index contributed by atoms with van der Waals surface area (Å²) in [5, 5.41) is 0.930. The molecule has 0 aliphatic carbocycles. The van der Waals surface area contributed by atoms with Crippen molar-refractivity contribution in [3.8, 4) is 11.5 Å². The molecular weight excluding hydrogens is 374 g/mol. The maximum absolute atomic E-state index is 11.3. The Labute approximate surface area is 169 Å². The zero-order valence-electron chi connectivity index (χ0n) is 15.6. The van der Waals surface area contributed by atoms with Crippen molar-refractivity contribution in [3.63, 3.8) is 0 Å². The number of urea groups is 1. The quantitative estimate of drug-likeness (QED) is 0.417. The molecule has 2 N–H and O–H groups in total. The van der Waals surface area contributed by atoms with Gasteiger partial charge in [-0.2, -0.15) is 0 Å². The monoisotopic (exact) mass is 397 g/mol. The van der Waals surface area contributed by atoms with E-state index in [2.05, 4.69) is 24.7 Å². The summed E-state index contributed by atoms with van der Waals surface area (Å²) in [5.74, 6) is 1.29. The van der Waals surface area contributed by atoms with Gasteiger partial charge in [-0.3, -0.25) is 4.98 Å². The lowest BCUT2D eigenvalue weighted by Crippen LogP contribution is -2.27. The van der Waals surface area contributed by atoms with Crippen molar-refractivity contribution in [1.29, 1.82) is 0 Å². The number of pyridine rings is 1. The Bertz CT molecular complexity index is 946. The number of hydrogen-bond acceptors (Lipinski definition) is 5. The second-order valence-electron chi connectivity index (χ2n) is 6.28. The Morgan fingerprint density at radius 3 is 2.79 bits per heavy atom. The van der Waals surface area contributed by atoms with Crippen LogP contribution in [-0.2, 0) is 0 Å². The Balaban J connectivity index is 1.83. The summed E-state index contributed by atoms with van der Waals surface area (Å²) in [7, 11) is 0. The first-order chi connectivity index (χ1) is 13.6. The molecule has 1 aromatic heterocycles. The van der Waals surface area contributed by atoms with Crippen LogP contribution in [0.3, 0.4) is 0 Å². The molecule has 0 aliphatic heterocycles. The number of benzene rings is 2. The highest BCUT2D eigenvalue weighted by atomic mass is 32.1. The number of primary amides is 1. The predicted octanol–water partition coefficient (Wildman–Crippen LogP) is 4.94. The molecule has 0 fully saturated rings.